The van der Waals surface area contributed by atoms with E-state index in [1.54, 1.807) is 6.07 Å². The van der Waals surface area contributed by atoms with Gasteiger partial charge in [0.25, 0.3) is 0 Å². The van der Waals surface area contributed by atoms with Crippen molar-refractivity contribution in [2.75, 3.05) is 58.1 Å². The van der Waals surface area contributed by atoms with Crippen LogP contribution in [-0.4, -0.2) is 74.6 Å². The van der Waals surface area contributed by atoms with Crippen LogP contribution in [-0.2, 0) is 18.9 Å². The molecule has 0 bridgehead atoms. The van der Waals surface area contributed by atoms with Crippen LogP contribution in [0.5, 0.6) is 0 Å². The van der Waals surface area contributed by atoms with Crippen molar-refractivity contribution in [1.29, 1.82) is 0 Å². The molecule has 0 amide bonds. The molecule has 0 unspecified atom stereocenters. The van der Waals surface area contributed by atoms with Crippen LogP contribution in [0.4, 0.5) is 5.82 Å². The lowest BCUT2D eigenvalue weighted by molar-refractivity contribution is -0.0110. The predicted octanol–water partition coefficient (Wildman–Crippen LogP) is 2.45. The number of hydrogen-bond donors (Lipinski definition) is 1. The van der Waals surface area contributed by atoms with Crippen LogP contribution in [0.15, 0.2) is 12.4 Å². The van der Waals surface area contributed by atoms with Crippen LogP contribution in [0.1, 0.15) is 39.6 Å². The first-order valence-electron chi connectivity index (χ1n) is 9.45. The molecule has 8 nitrogen and oxygen atoms in total. The van der Waals surface area contributed by atoms with Crippen LogP contribution < -0.4 is 5.32 Å². The van der Waals surface area contributed by atoms with Crippen LogP contribution >= 0.6 is 0 Å². The molecule has 0 atom stereocenters. The van der Waals surface area contributed by atoms with Crippen molar-refractivity contribution in [2.24, 2.45) is 5.92 Å². The average Bonchev–Trinajstić information content (AvgIpc) is 2.64. The number of ketones is 1. The number of carbonyl (C=O) groups excluding carboxylic acids is 1. The standard InChI is InChI=1S/C19H33N3O5.H2/c1-15(2)19(23)17-13-18(22-14-21-17)20-5-6-24-7-8-25-9-10-26-11-12-27-16(3)4;/h13-16H,5-12H2,1-4H3,(H,20,21,22);1H. The van der Waals surface area contributed by atoms with Crippen molar-refractivity contribution < 1.29 is 25.2 Å². The third-order valence-electron chi connectivity index (χ3n) is 3.42. The molecule has 1 N–H and O–H groups in total. The molecule has 1 aromatic heterocycles. The zero-order chi connectivity index (χ0) is 19.9. The zero-order valence-electron chi connectivity index (χ0n) is 16.9. The molecule has 0 aliphatic rings. The molecular formula is C19H35N3O5. The van der Waals surface area contributed by atoms with E-state index in [1.165, 1.54) is 6.33 Å². The number of nitrogens with zero attached hydrogens (tertiary/aromatic N) is 2. The smallest absolute Gasteiger partial charge is 0.183 e. The van der Waals surface area contributed by atoms with Gasteiger partial charge in [0.15, 0.2) is 5.78 Å². The molecule has 0 saturated carbocycles. The molecule has 0 saturated heterocycles. The summed E-state index contributed by atoms with van der Waals surface area (Å²) in [6.07, 6.45) is 1.62. The predicted molar refractivity (Wildman–Crippen MR) is 105 cm³/mol. The van der Waals surface area contributed by atoms with Gasteiger partial charge in [-0.25, -0.2) is 9.97 Å². The molecule has 1 aromatic rings. The minimum atomic E-state index is -0.0881. The van der Waals surface area contributed by atoms with Crippen molar-refractivity contribution in [3.05, 3.63) is 18.1 Å². The molecule has 1 rings (SSSR count). The van der Waals surface area contributed by atoms with Gasteiger partial charge in [-0.2, -0.15) is 0 Å². The van der Waals surface area contributed by atoms with E-state index >= 15 is 0 Å². The summed E-state index contributed by atoms with van der Waals surface area (Å²) >= 11 is 0. The normalized spacial score (nSPS) is 11.3. The Kier molecular flexibility index (Phi) is 12.5. The fourth-order valence-corrected chi connectivity index (χ4v) is 2.02. The molecule has 0 aliphatic heterocycles. The van der Waals surface area contributed by atoms with Crippen molar-refractivity contribution >= 4 is 11.6 Å². The minimum Gasteiger partial charge on any atom is -0.377 e. The van der Waals surface area contributed by atoms with Gasteiger partial charge >= 0.3 is 0 Å². The Hall–Kier alpha value is -1.61. The summed E-state index contributed by atoms with van der Waals surface area (Å²) in [5.74, 6) is 0.535. The highest BCUT2D eigenvalue weighted by Gasteiger charge is 2.12. The molecule has 1 heterocycles. The molecule has 0 spiro atoms. The molecule has 8 heteroatoms. The van der Waals surface area contributed by atoms with E-state index in [2.05, 4.69) is 15.3 Å². The van der Waals surface area contributed by atoms with E-state index in [1.807, 2.05) is 27.7 Å². The van der Waals surface area contributed by atoms with E-state index in [9.17, 15) is 4.79 Å². The molecule has 0 fully saturated rings. The molecule has 0 aliphatic carbocycles. The van der Waals surface area contributed by atoms with Crippen molar-refractivity contribution in [3.63, 3.8) is 0 Å². The quantitative estimate of drug-likeness (QED) is 0.343. The Balaban J connectivity index is 0.00000729. The number of Topliss-reactive ketones (excluding diaryl/α,β-unsaturated/α-hetero) is 1. The van der Waals surface area contributed by atoms with Crippen molar-refractivity contribution in [1.82, 2.24) is 9.97 Å². The third kappa shape index (κ3) is 11.7. The topological polar surface area (TPSA) is 91.8 Å². The number of nitrogens with one attached hydrogen (secondary N) is 1. The Labute approximate surface area is 163 Å². The molecular weight excluding hydrogens is 350 g/mol. The second kappa shape index (κ2) is 14.4. The van der Waals surface area contributed by atoms with E-state index in [0.29, 0.717) is 64.3 Å². The Morgan fingerprint density at radius 1 is 0.963 bits per heavy atom. The summed E-state index contributed by atoms with van der Waals surface area (Å²) in [6, 6.07) is 1.66. The van der Waals surface area contributed by atoms with Gasteiger partial charge in [0, 0.05) is 20.0 Å². The maximum atomic E-state index is 11.9. The summed E-state index contributed by atoms with van der Waals surface area (Å²) in [5.41, 5.74) is 0.426. The van der Waals surface area contributed by atoms with Crippen LogP contribution in [0, 0.1) is 5.92 Å². The SMILES string of the molecule is CC(C)OCCOCCOCCOCCNc1cc(C(=O)C(C)C)ncn1.[HH]. The van der Waals surface area contributed by atoms with Gasteiger partial charge in [0.2, 0.25) is 0 Å². The minimum absolute atomic E-state index is 0. The number of carbonyl (C=O) groups is 1. The van der Waals surface area contributed by atoms with Crippen molar-refractivity contribution in [2.45, 2.75) is 33.8 Å². The fourth-order valence-electron chi connectivity index (χ4n) is 2.02. The summed E-state index contributed by atoms with van der Waals surface area (Å²) in [6.45, 7) is 12.1. The van der Waals surface area contributed by atoms with Crippen molar-refractivity contribution in [3.8, 4) is 0 Å². The van der Waals surface area contributed by atoms with E-state index in [-0.39, 0.29) is 19.2 Å². The lowest BCUT2D eigenvalue weighted by atomic mass is 10.1. The average molecular weight is 386 g/mol. The monoisotopic (exact) mass is 385 g/mol. The highest BCUT2D eigenvalue weighted by atomic mass is 16.6. The number of aromatic nitrogens is 2. The molecule has 0 radical (unpaired) electrons. The van der Waals surface area contributed by atoms with E-state index in [4.69, 9.17) is 18.9 Å². The van der Waals surface area contributed by atoms with E-state index in [0.717, 1.165) is 0 Å². The maximum absolute atomic E-state index is 11.9. The largest absolute Gasteiger partial charge is 0.377 e. The van der Waals surface area contributed by atoms with Gasteiger partial charge in [0.1, 0.15) is 17.8 Å². The van der Waals surface area contributed by atoms with Crippen LogP contribution in [0.3, 0.4) is 0 Å². The van der Waals surface area contributed by atoms with Gasteiger partial charge < -0.3 is 24.3 Å². The Bertz CT molecular complexity index is 532. The van der Waals surface area contributed by atoms with Gasteiger partial charge in [-0.05, 0) is 13.8 Å². The lowest BCUT2D eigenvalue weighted by Gasteiger charge is -2.09. The Morgan fingerprint density at radius 3 is 2.15 bits per heavy atom. The van der Waals surface area contributed by atoms with Crippen LogP contribution in [0.2, 0.25) is 0 Å². The summed E-state index contributed by atoms with van der Waals surface area (Å²) in [7, 11) is 0. The Morgan fingerprint density at radius 2 is 1.56 bits per heavy atom. The summed E-state index contributed by atoms with van der Waals surface area (Å²) < 4.78 is 21.7. The van der Waals surface area contributed by atoms with Gasteiger partial charge in [-0.3, -0.25) is 4.79 Å². The summed E-state index contributed by atoms with van der Waals surface area (Å²) in [5, 5.41) is 3.12. The number of rotatable bonds is 16. The molecule has 27 heavy (non-hydrogen) atoms. The number of hydrogen-bond acceptors (Lipinski definition) is 8. The van der Waals surface area contributed by atoms with Crippen LogP contribution in [0.25, 0.3) is 0 Å². The summed E-state index contributed by atoms with van der Waals surface area (Å²) in [4.78, 5) is 20.0. The second-order valence-corrected chi connectivity index (χ2v) is 6.49. The first-order chi connectivity index (χ1) is 13.0. The second-order valence-electron chi connectivity index (χ2n) is 6.49. The molecule has 156 valence electrons. The third-order valence-corrected chi connectivity index (χ3v) is 3.42. The first kappa shape index (κ1) is 23.4. The number of anilines is 1. The van der Waals surface area contributed by atoms with E-state index < -0.39 is 0 Å². The zero-order valence-corrected chi connectivity index (χ0v) is 16.9. The highest BCUT2D eigenvalue weighted by Crippen LogP contribution is 2.09. The van der Waals surface area contributed by atoms with Gasteiger partial charge in [-0.1, -0.05) is 13.8 Å². The van der Waals surface area contributed by atoms with Gasteiger partial charge in [0.05, 0.1) is 52.4 Å². The number of ether oxygens (including phenoxy) is 4. The highest BCUT2D eigenvalue weighted by molar-refractivity contribution is 5.96. The maximum Gasteiger partial charge on any atom is 0.183 e. The lowest BCUT2D eigenvalue weighted by Crippen LogP contribution is -2.16. The first-order valence-corrected chi connectivity index (χ1v) is 9.45. The van der Waals surface area contributed by atoms with Gasteiger partial charge in [-0.15, -0.1) is 0 Å². The fraction of sp³-hybridized carbons (Fsp3) is 0.737. The molecule has 0 aromatic carbocycles.